The number of rotatable bonds is 4. The van der Waals surface area contributed by atoms with Crippen LogP contribution >= 0.6 is 0 Å². The summed E-state index contributed by atoms with van der Waals surface area (Å²) in [6.07, 6.45) is 6.23. The molecule has 1 aliphatic heterocycles. The Bertz CT molecular complexity index is 256. The molecular formula is C13H26N4O. The molecule has 3 N–H and O–H groups in total. The Balaban J connectivity index is 1.62. The van der Waals surface area contributed by atoms with Crippen LogP contribution in [0.5, 0.6) is 0 Å². The summed E-state index contributed by atoms with van der Waals surface area (Å²) in [6, 6.07) is 0.556. The highest BCUT2D eigenvalue weighted by atomic mass is 16.5. The van der Waals surface area contributed by atoms with E-state index in [1.807, 2.05) is 0 Å². The van der Waals surface area contributed by atoms with Crippen molar-refractivity contribution in [3.8, 4) is 0 Å². The van der Waals surface area contributed by atoms with Crippen LogP contribution in [0.2, 0.25) is 0 Å². The van der Waals surface area contributed by atoms with Gasteiger partial charge in [-0.15, -0.1) is 0 Å². The van der Waals surface area contributed by atoms with E-state index in [0.717, 1.165) is 45.8 Å². The summed E-state index contributed by atoms with van der Waals surface area (Å²) in [6.45, 7) is 5.64. The van der Waals surface area contributed by atoms with Crippen LogP contribution in [0.25, 0.3) is 0 Å². The summed E-state index contributed by atoms with van der Waals surface area (Å²) in [5, 5.41) is 3.31. The van der Waals surface area contributed by atoms with Crippen molar-refractivity contribution in [1.29, 1.82) is 0 Å². The Morgan fingerprint density at radius 1 is 1.22 bits per heavy atom. The summed E-state index contributed by atoms with van der Waals surface area (Å²) >= 11 is 0. The van der Waals surface area contributed by atoms with Gasteiger partial charge in [-0.3, -0.25) is 9.89 Å². The van der Waals surface area contributed by atoms with Crippen molar-refractivity contribution < 1.29 is 4.74 Å². The van der Waals surface area contributed by atoms with E-state index >= 15 is 0 Å². The van der Waals surface area contributed by atoms with Gasteiger partial charge < -0.3 is 15.8 Å². The molecule has 104 valence electrons. The third-order valence-electron chi connectivity index (χ3n) is 3.72. The van der Waals surface area contributed by atoms with Gasteiger partial charge >= 0.3 is 0 Å². The van der Waals surface area contributed by atoms with Crippen LogP contribution in [0.1, 0.15) is 32.1 Å². The molecular weight excluding hydrogens is 228 g/mol. The minimum atomic E-state index is 0.556. The lowest BCUT2D eigenvalue weighted by molar-refractivity contribution is 0.142. The molecule has 0 bridgehead atoms. The third-order valence-corrected chi connectivity index (χ3v) is 3.72. The first-order valence-corrected chi connectivity index (χ1v) is 7.21. The molecule has 0 aromatic carbocycles. The lowest BCUT2D eigenvalue weighted by atomic mass is 10.2. The van der Waals surface area contributed by atoms with E-state index in [4.69, 9.17) is 10.5 Å². The Hall–Kier alpha value is -0.810. The number of nitrogens with zero attached hydrogens (tertiary/aromatic N) is 2. The van der Waals surface area contributed by atoms with Gasteiger partial charge in [-0.2, -0.15) is 0 Å². The number of ether oxygens (including phenoxy) is 1. The van der Waals surface area contributed by atoms with Crippen molar-refractivity contribution >= 4 is 5.96 Å². The second-order valence-corrected chi connectivity index (χ2v) is 5.20. The topological polar surface area (TPSA) is 62.9 Å². The number of nitrogens with one attached hydrogen (secondary N) is 1. The van der Waals surface area contributed by atoms with Crippen LogP contribution in [0.3, 0.4) is 0 Å². The van der Waals surface area contributed by atoms with Gasteiger partial charge in [-0.25, -0.2) is 0 Å². The number of nitrogens with two attached hydrogens (primary N) is 1. The van der Waals surface area contributed by atoms with Gasteiger partial charge in [0, 0.05) is 32.3 Å². The minimum Gasteiger partial charge on any atom is -0.380 e. The van der Waals surface area contributed by atoms with E-state index in [9.17, 15) is 0 Å². The van der Waals surface area contributed by atoms with Gasteiger partial charge in [0.05, 0.1) is 13.2 Å². The summed E-state index contributed by atoms with van der Waals surface area (Å²) < 4.78 is 5.43. The molecule has 1 saturated carbocycles. The SMILES string of the molecule is NC(=NCCN1CCCOCC1)NC1CCCC1. The first-order chi connectivity index (χ1) is 8.84. The average molecular weight is 254 g/mol. The van der Waals surface area contributed by atoms with Crippen LogP contribution in [-0.2, 0) is 4.74 Å². The molecule has 0 spiro atoms. The molecule has 0 atom stereocenters. The highest BCUT2D eigenvalue weighted by molar-refractivity contribution is 5.78. The Kier molecular flexibility index (Phi) is 5.74. The molecule has 5 heteroatoms. The average Bonchev–Trinajstić information content (AvgIpc) is 2.72. The fourth-order valence-corrected chi connectivity index (χ4v) is 2.66. The maximum absolute atomic E-state index is 5.90. The van der Waals surface area contributed by atoms with Crippen molar-refractivity contribution in [2.24, 2.45) is 10.7 Å². The quantitative estimate of drug-likeness (QED) is 0.568. The Morgan fingerprint density at radius 3 is 2.89 bits per heavy atom. The first-order valence-electron chi connectivity index (χ1n) is 7.21. The highest BCUT2D eigenvalue weighted by Gasteiger charge is 2.14. The molecule has 1 saturated heterocycles. The van der Waals surface area contributed by atoms with E-state index in [1.54, 1.807) is 0 Å². The molecule has 1 aliphatic carbocycles. The Labute approximate surface area is 110 Å². The predicted molar refractivity (Wildman–Crippen MR) is 73.8 cm³/mol. The van der Waals surface area contributed by atoms with Gasteiger partial charge in [0.15, 0.2) is 5.96 Å². The smallest absolute Gasteiger partial charge is 0.188 e. The standard InChI is InChI=1S/C13H26N4O/c14-13(16-12-4-1-2-5-12)15-6-8-17-7-3-10-18-11-9-17/h12H,1-11H2,(H3,14,15,16). The van der Waals surface area contributed by atoms with E-state index in [1.165, 1.54) is 25.7 Å². The molecule has 0 unspecified atom stereocenters. The van der Waals surface area contributed by atoms with Crippen LogP contribution in [0.4, 0.5) is 0 Å². The summed E-state index contributed by atoms with van der Waals surface area (Å²) in [7, 11) is 0. The van der Waals surface area contributed by atoms with Crippen molar-refractivity contribution in [1.82, 2.24) is 10.2 Å². The zero-order chi connectivity index (χ0) is 12.6. The third kappa shape index (κ3) is 4.82. The van der Waals surface area contributed by atoms with E-state index in [2.05, 4.69) is 15.2 Å². The number of hydrogen-bond acceptors (Lipinski definition) is 3. The van der Waals surface area contributed by atoms with E-state index in [-0.39, 0.29) is 0 Å². The summed E-state index contributed by atoms with van der Waals surface area (Å²) in [5.74, 6) is 0.618. The van der Waals surface area contributed by atoms with Crippen LogP contribution < -0.4 is 11.1 Å². The van der Waals surface area contributed by atoms with Crippen molar-refractivity contribution in [3.63, 3.8) is 0 Å². The van der Waals surface area contributed by atoms with Crippen LogP contribution in [0, 0.1) is 0 Å². The van der Waals surface area contributed by atoms with Gasteiger partial charge in [0.1, 0.15) is 0 Å². The predicted octanol–water partition coefficient (Wildman–Crippen LogP) is 0.556. The van der Waals surface area contributed by atoms with E-state index in [0.29, 0.717) is 12.0 Å². The second-order valence-electron chi connectivity index (χ2n) is 5.20. The number of guanidine groups is 1. The lowest BCUT2D eigenvalue weighted by Gasteiger charge is -2.18. The molecule has 18 heavy (non-hydrogen) atoms. The van der Waals surface area contributed by atoms with E-state index < -0.39 is 0 Å². The molecule has 2 fully saturated rings. The summed E-state index contributed by atoms with van der Waals surface area (Å²) in [4.78, 5) is 6.82. The van der Waals surface area contributed by atoms with Gasteiger partial charge in [-0.05, 0) is 19.3 Å². The zero-order valence-electron chi connectivity index (χ0n) is 11.2. The molecule has 1 heterocycles. The van der Waals surface area contributed by atoms with Crippen LogP contribution in [-0.4, -0.2) is 56.3 Å². The fourth-order valence-electron chi connectivity index (χ4n) is 2.66. The molecule has 0 aromatic rings. The normalized spacial score (nSPS) is 24.1. The maximum atomic E-state index is 5.90. The van der Waals surface area contributed by atoms with Gasteiger partial charge in [-0.1, -0.05) is 12.8 Å². The minimum absolute atomic E-state index is 0.556. The highest BCUT2D eigenvalue weighted by Crippen LogP contribution is 2.17. The molecule has 0 amide bonds. The Morgan fingerprint density at radius 2 is 2.06 bits per heavy atom. The van der Waals surface area contributed by atoms with Crippen molar-refractivity contribution in [2.75, 3.05) is 39.4 Å². The van der Waals surface area contributed by atoms with Crippen molar-refractivity contribution in [3.05, 3.63) is 0 Å². The lowest BCUT2D eigenvalue weighted by Crippen LogP contribution is -2.39. The molecule has 0 aromatic heterocycles. The zero-order valence-corrected chi connectivity index (χ0v) is 11.2. The molecule has 5 nitrogen and oxygen atoms in total. The largest absolute Gasteiger partial charge is 0.380 e. The fraction of sp³-hybridized carbons (Fsp3) is 0.923. The van der Waals surface area contributed by atoms with Gasteiger partial charge in [0.25, 0.3) is 0 Å². The number of hydrogen-bond donors (Lipinski definition) is 2. The first kappa shape index (κ1) is 13.6. The molecule has 2 aliphatic rings. The molecule has 0 radical (unpaired) electrons. The van der Waals surface area contributed by atoms with Gasteiger partial charge in [0.2, 0.25) is 0 Å². The maximum Gasteiger partial charge on any atom is 0.188 e. The number of aliphatic imine (C=N–C) groups is 1. The van der Waals surface area contributed by atoms with Crippen molar-refractivity contribution in [2.45, 2.75) is 38.1 Å². The second kappa shape index (κ2) is 7.59. The molecule has 2 rings (SSSR count). The monoisotopic (exact) mass is 254 g/mol. The van der Waals surface area contributed by atoms with Crippen LogP contribution in [0.15, 0.2) is 4.99 Å². The summed E-state index contributed by atoms with van der Waals surface area (Å²) in [5.41, 5.74) is 5.90.